The van der Waals surface area contributed by atoms with Crippen molar-refractivity contribution in [3.63, 3.8) is 0 Å². The molecule has 1 aromatic heterocycles. The Labute approximate surface area is 209 Å². The van der Waals surface area contributed by atoms with E-state index in [2.05, 4.69) is 10.3 Å². The fraction of sp³-hybridized carbons (Fsp3) is 0.179. The predicted molar refractivity (Wildman–Crippen MR) is 137 cm³/mol. The quantitative estimate of drug-likeness (QED) is 0.366. The van der Waals surface area contributed by atoms with E-state index in [1.54, 1.807) is 0 Å². The number of anilines is 1. The van der Waals surface area contributed by atoms with Gasteiger partial charge in [0.1, 0.15) is 11.5 Å². The molecule has 0 unspecified atom stereocenters. The van der Waals surface area contributed by atoms with Gasteiger partial charge >= 0.3 is 0 Å². The lowest BCUT2D eigenvalue weighted by molar-refractivity contribution is -0.131. The van der Waals surface area contributed by atoms with Crippen LogP contribution in [0.4, 0.5) is 5.95 Å². The minimum atomic E-state index is 0.0952. The number of nitrogens with zero attached hydrogens (tertiary/aromatic N) is 3. The van der Waals surface area contributed by atoms with Crippen molar-refractivity contribution in [1.29, 1.82) is 0 Å². The fourth-order valence-electron chi connectivity index (χ4n) is 4.03. The average molecular weight is 485 g/mol. The highest BCUT2D eigenvalue weighted by Crippen LogP contribution is 2.23. The molecule has 7 heteroatoms. The van der Waals surface area contributed by atoms with E-state index in [1.165, 1.54) is 0 Å². The maximum absolute atomic E-state index is 12.8. The zero-order chi connectivity index (χ0) is 24.0. The molecule has 0 fully saturated rings. The first-order chi connectivity index (χ1) is 17.1. The third-order valence-corrected chi connectivity index (χ3v) is 6.14. The third-order valence-electron chi connectivity index (χ3n) is 5.88. The Morgan fingerprint density at radius 2 is 1.77 bits per heavy atom. The second-order valence-electron chi connectivity index (χ2n) is 8.45. The minimum Gasteiger partial charge on any atom is -0.457 e. The predicted octanol–water partition coefficient (Wildman–Crippen LogP) is 5.66. The number of carbonyl (C=O) groups is 1. The molecule has 1 amide bonds. The number of fused-ring (bicyclic) bond motifs is 1. The first-order valence-corrected chi connectivity index (χ1v) is 11.9. The number of aromatic nitrogens is 2. The summed E-state index contributed by atoms with van der Waals surface area (Å²) in [5, 5.41) is 3.97. The second kappa shape index (κ2) is 10.6. The van der Waals surface area contributed by atoms with Gasteiger partial charge in [-0.3, -0.25) is 4.79 Å². The number of rotatable bonds is 7. The highest BCUT2D eigenvalue weighted by molar-refractivity contribution is 6.30. The Bertz CT molecular complexity index is 1310. The van der Waals surface area contributed by atoms with Crippen molar-refractivity contribution in [1.82, 2.24) is 14.9 Å². The van der Waals surface area contributed by atoms with Gasteiger partial charge in [0.2, 0.25) is 11.9 Å². The van der Waals surface area contributed by atoms with Crippen molar-refractivity contribution in [2.24, 2.45) is 0 Å². The molecule has 1 aliphatic rings. The van der Waals surface area contributed by atoms with Crippen molar-refractivity contribution < 1.29 is 9.53 Å². The molecule has 0 radical (unpaired) electrons. The summed E-state index contributed by atoms with van der Waals surface area (Å²) >= 11 is 5.94. The molecule has 1 aliphatic heterocycles. The number of hydrogen-bond donors (Lipinski definition) is 1. The summed E-state index contributed by atoms with van der Waals surface area (Å²) in [7, 11) is 0. The van der Waals surface area contributed by atoms with E-state index in [-0.39, 0.29) is 5.91 Å². The number of benzene rings is 3. The monoisotopic (exact) mass is 484 g/mol. The van der Waals surface area contributed by atoms with Gasteiger partial charge in [-0.25, -0.2) is 9.97 Å². The molecule has 0 saturated carbocycles. The number of halogens is 1. The summed E-state index contributed by atoms with van der Waals surface area (Å²) < 4.78 is 5.92. The normalized spacial score (nSPS) is 12.7. The Kier molecular flexibility index (Phi) is 6.91. The van der Waals surface area contributed by atoms with Gasteiger partial charge < -0.3 is 15.0 Å². The lowest BCUT2D eigenvalue weighted by Gasteiger charge is -2.28. The molecular formula is C28H25ClN4O2. The molecule has 5 rings (SSSR count). The van der Waals surface area contributed by atoms with E-state index in [9.17, 15) is 4.79 Å². The zero-order valence-corrected chi connectivity index (χ0v) is 19.9. The van der Waals surface area contributed by atoms with Crippen molar-refractivity contribution in [3.05, 3.63) is 112 Å². The SMILES string of the molecule is O=C(Cc1ccc(Cl)cc1)N1CCc2nc(NCc3cccc(Oc4ccccc4)c3)ncc2C1. The number of hydrogen-bond acceptors (Lipinski definition) is 5. The van der Waals surface area contributed by atoms with Gasteiger partial charge in [-0.05, 0) is 47.5 Å². The van der Waals surface area contributed by atoms with E-state index in [0.717, 1.165) is 33.9 Å². The Morgan fingerprint density at radius 1 is 0.971 bits per heavy atom. The van der Waals surface area contributed by atoms with Crippen LogP contribution in [0.25, 0.3) is 0 Å². The summed E-state index contributed by atoms with van der Waals surface area (Å²) in [5.41, 5.74) is 4.00. The third kappa shape index (κ3) is 5.97. The van der Waals surface area contributed by atoms with Crippen molar-refractivity contribution >= 4 is 23.5 Å². The highest BCUT2D eigenvalue weighted by Gasteiger charge is 2.22. The molecule has 0 spiro atoms. The van der Waals surface area contributed by atoms with Crippen molar-refractivity contribution in [2.75, 3.05) is 11.9 Å². The van der Waals surface area contributed by atoms with Gasteiger partial charge in [0.15, 0.2) is 0 Å². The highest BCUT2D eigenvalue weighted by atomic mass is 35.5. The van der Waals surface area contributed by atoms with Crippen LogP contribution < -0.4 is 10.1 Å². The second-order valence-corrected chi connectivity index (χ2v) is 8.89. The van der Waals surface area contributed by atoms with Crippen LogP contribution >= 0.6 is 11.6 Å². The molecule has 35 heavy (non-hydrogen) atoms. The van der Waals surface area contributed by atoms with Crippen LogP contribution in [0.5, 0.6) is 11.5 Å². The first kappa shape index (κ1) is 22.9. The number of ether oxygens (including phenoxy) is 1. The standard InChI is InChI=1S/C28H25ClN4O2/c29-23-11-9-20(10-12-23)16-27(34)33-14-13-26-22(19-33)18-31-28(32-26)30-17-21-5-4-8-25(15-21)35-24-6-2-1-3-7-24/h1-12,15,18H,13-14,16-17,19H2,(H,30,31,32). The van der Waals surface area contributed by atoms with Gasteiger partial charge in [0.05, 0.1) is 12.1 Å². The number of nitrogens with one attached hydrogen (secondary N) is 1. The summed E-state index contributed by atoms with van der Waals surface area (Å²) in [6.07, 6.45) is 2.89. The molecule has 1 N–H and O–H groups in total. The molecule has 3 aromatic carbocycles. The smallest absolute Gasteiger partial charge is 0.227 e. The maximum atomic E-state index is 12.8. The summed E-state index contributed by atoms with van der Waals surface area (Å²) in [5.74, 6) is 2.26. The average Bonchev–Trinajstić information content (AvgIpc) is 2.89. The number of carbonyl (C=O) groups excluding carboxylic acids is 1. The molecule has 0 bridgehead atoms. The molecular weight excluding hydrogens is 460 g/mol. The molecule has 0 aliphatic carbocycles. The molecule has 176 valence electrons. The molecule has 6 nitrogen and oxygen atoms in total. The van der Waals surface area contributed by atoms with Crippen LogP contribution in [-0.2, 0) is 30.7 Å². The summed E-state index contributed by atoms with van der Waals surface area (Å²) in [6.45, 7) is 1.76. The lowest BCUT2D eigenvalue weighted by Crippen LogP contribution is -2.37. The topological polar surface area (TPSA) is 67.4 Å². The summed E-state index contributed by atoms with van der Waals surface area (Å²) in [6, 6.07) is 25.1. The van der Waals surface area contributed by atoms with Crippen LogP contribution in [0, 0.1) is 0 Å². The van der Waals surface area contributed by atoms with Crippen LogP contribution in [0.1, 0.15) is 22.4 Å². The van der Waals surface area contributed by atoms with Gasteiger partial charge in [-0.1, -0.05) is 54.1 Å². The van der Waals surface area contributed by atoms with E-state index in [1.807, 2.05) is 90.0 Å². The molecule has 0 atom stereocenters. The Balaban J connectivity index is 1.18. The van der Waals surface area contributed by atoms with Gasteiger partial charge in [-0.15, -0.1) is 0 Å². The molecule has 4 aromatic rings. The molecule has 2 heterocycles. The van der Waals surface area contributed by atoms with Gasteiger partial charge in [-0.2, -0.15) is 0 Å². The van der Waals surface area contributed by atoms with Crippen molar-refractivity contribution in [3.8, 4) is 11.5 Å². The van der Waals surface area contributed by atoms with Gasteiger partial charge in [0.25, 0.3) is 0 Å². The minimum absolute atomic E-state index is 0.0952. The van der Waals surface area contributed by atoms with E-state index < -0.39 is 0 Å². The number of amides is 1. The zero-order valence-electron chi connectivity index (χ0n) is 19.2. The van der Waals surface area contributed by atoms with E-state index in [0.29, 0.717) is 43.4 Å². The van der Waals surface area contributed by atoms with Crippen LogP contribution in [0.3, 0.4) is 0 Å². The van der Waals surface area contributed by atoms with E-state index >= 15 is 0 Å². The van der Waals surface area contributed by atoms with E-state index in [4.69, 9.17) is 21.3 Å². The Hall–Kier alpha value is -3.90. The Morgan fingerprint density at radius 3 is 2.60 bits per heavy atom. The number of para-hydroxylation sites is 1. The largest absolute Gasteiger partial charge is 0.457 e. The van der Waals surface area contributed by atoms with Crippen LogP contribution in [-0.4, -0.2) is 27.3 Å². The van der Waals surface area contributed by atoms with Gasteiger partial charge in [0, 0.05) is 42.8 Å². The van der Waals surface area contributed by atoms with Crippen LogP contribution in [0.2, 0.25) is 5.02 Å². The lowest BCUT2D eigenvalue weighted by atomic mass is 10.1. The maximum Gasteiger partial charge on any atom is 0.227 e. The van der Waals surface area contributed by atoms with Crippen LogP contribution in [0.15, 0.2) is 85.1 Å². The summed E-state index contributed by atoms with van der Waals surface area (Å²) in [4.78, 5) is 23.8. The first-order valence-electron chi connectivity index (χ1n) is 11.5. The van der Waals surface area contributed by atoms with Crippen molar-refractivity contribution in [2.45, 2.75) is 25.9 Å². The fourth-order valence-corrected chi connectivity index (χ4v) is 4.15. The molecule has 0 saturated heterocycles.